The molecule has 19 heavy (non-hydrogen) atoms. The second-order valence-electron chi connectivity index (χ2n) is 4.29. The van der Waals surface area contributed by atoms with Gasteiger partial charge < -0.3 is 9.47 Å². The van der Waals surface area contributed by atoms with Crippen LogP contribution in [0.4, 0.5) is 0 Å². The van der Waals surface area contributed by atoms with Crippen LogP contribution in [0.3, 0.4) is 0 Å². The highest BCUT2D eigenvalue weighted by Gasteiger charge is 2.19. The lowest BCUT2D eigenvalue weighted by atomic mass is 10.3. The molecular formula is C13H17BrN2O3. The van der Waals surface area contributed by atoms with Gasteiger partial charge in [0.05, 0.1) is 13.2 Å². The number of nitrogens with zero attached hydrogens (tertiary/aromatic N) is 1. The Labute approximate surface area is 121 Å². The van der Waals surface area contributed by atoms with Gasteiger partial charge in [0.2, 0.25) is 0 Å². The van der Waals surface area contributed by atoms with Crippen molar-refractivity contribution in [2.24, 2.45) is 0 Å². The second kappa shape index (κ2) is 6.88. The van der Waals surface area contributed by atoms with Gasteiger partial charge in [0.15, 0.2) is 6.10 Å². The number of carbonyl (C=O) groups excluding carboxylic acids is 1. The normalized spacial score (nSPS) is 17.8. The Morgan fingerprint density at radius 1 is 1.47 bits per heavy atom. The number of carbonyl (C=O) groups is 1. The molecule has 1 atom stereocenters. The van der Waals surface area contributed by atoms with Crippen molar-refractivity contribution in [3.05, 3.63) is 28.7 Å². The summed E-state index contributed by atoms with van der Waals surface area (Å²) >= 11 is 3.37. The molecule has 0 unspecified atom stereocenters. The molecule has 1 fully saturated rings. The summed E-state index contributed by atoms with van der Waals surface area (Å²) < 4.78 is 11.7. The van der Waals surface area contributed by atoms with Gasteiger partial charge in [-0.15, -0.1) is 0 Å². The maximum Gasteiger partial charge on any atom is 0.275 e. The van der Waals surface area contributed by atoms with Gasteiger partial charge in [-0.1, -0.05) is 22.0 Å². The highest BCUT2D eigenvalue weighted by molar-refractivity contribution is 9.10. The number of hydrogen-bond acceptors (Lipinski definition) is 4. The third-order valence-electron chi connectivity index (χ3n) is 2.76. The van der Waals surface area contributed by atoms with Crippen molar-refractivity contribution >= 4 is 21.8 Å². The molecule has 1 aromatic carbocycles. The van der Waals surface area contributed by atoms with Crippen molar-refractivity contribution in [3.63, 3.8) is 0 Å². The summed E-state index contributed by atoms with van der Waals surface area (Å²) in [4.78, 5) is 12.0. The van der Waals surface area contributed by atoms with Crippen LogP contribution in [-0.2, 0) is 9.53 Å². The summed E-state index contributed by atoms with van der Waals surface area (Å²) in [5, 5.41) is 1.85. The van der Waals surface area contributed by atoms with Crippen LogP contribution in [0, 0.1) is 0 Å². The van der Waals surface area contributed by atoms with Gasteiger partial charge in [-0.05, 0) is 25.1 Å². The molecule has 1 aromatic rings. The minimum Gasteiger partial charge on any atom is -0.481 e. The van der Waals surface area contributed by atoms with Crippen LogP contribution in [0.5, 0.6) is 5.75 Å². The molecule has 1 aliphatic heterocycles. The van der Waals surface area contributed by atoms with Crippen LogP contribution in [0.1, 0.15) is 6.92 Å². The molecule has 0 radical (unpaired) electrons. The van der Waals surface area contributed by atoms with E-state index >= 15 is 0 Å². The predicted octanol–water partition coefficient (Wildman–Crippen LogP) is 1.58. The van der Waals surface area contributed by atoms with Gasteiger partial charge in [0.1, 0.15) is 5.75 Å². The summed E-state index contributed by atoms with van der Waals surface area (Å²) in [6.07, 6.45) is -0.544. The third kappa shape index (κ3) is 4.49. The van der Waals surface area contributed by atoms with Crippen LogP contribution >= 0.6 is 15.9 Å². The number of nitrogens with one attached hydrogen (secondary N) is 1. The van der Waals surface area contributed by atoms with Crippen molar-refractivity contribution in [2.45, 2.75) is 13.0 Å². The van der Waals surface area contributed by atoms with E-state index in [0.717, 1.165) is 4.47 Å². The summed E-state index contributed by atoms with van der Waals surface area (Å²) in [6, 6.07) is 7.43. The third-order valence-corrected chi connectivity index (χ3v) is 3.25. The predicted molar refractivity (Wildman–Crippen MR) is 74.8 cm³/mol. The molecule has 5 nitrogen and oxygen atoms in total. The van der Waals surface area contributed by atoms with Gasteiger partial charge in [-0.25, -0.2) is 5.01 Å². The van der Waals surface area contributed by atoms with E-state index in [0.29, 0.717) is 32.1 Å². The molecule has 6 heteroatoms. The summed E-state index contributed by atoms with van der Waals surface area (Å²) in [5.41, 5.74) is 2.83. The van der Waals surface area contributed by atoms with Crippen molar-refractivity contribution < 1.29 is 14.3 Å². The summed E-state index contributed by atoms with van der Waals surface area (Å²) in [5.74, 6) is 0.515. The lowest BCUT2D eigenvalue weighted by Crippen LogP contribution is -2.51. The monoisotopic (exact) mass is 328 g/mol. The first-order chi connectivity index (χ1) is 9.15. The average Bonchev–Trinajstić information content (AvgIpc) is 2.40. The Morgan fingerprint density at radius 3 is 2.89 bits per heavy atom. The Bertz CT molecular complexity index is 436. The molecule has 1 N–H and O–H groups in total. The zero-order valence-electron chi connectivity index (χ0n) is 10.8. The van der Waals surface area contributed by atoms with E-state index in [1.165, 1.54) is 0 Å². The Kier molecular flexibility index (Phi) is 5.18. The first-order valence-electron chi connectivity index (χ1n) is 6.20. The zero-order valence-corrected chi connectivity index (χ0v) is 12.4. The van der Waals surface area contributed by atoms with E-state index in [2.05, 4.69) is 21.4 Å². The Hall–Kier alpha value is -1.11. The van der Waals surface area contributed by atoms with Crippen molar-refractivity contribution in [2.75, 3.05) is 26.3 Å². The highest BCUT2D eigenvalue weighted by atomic mass is 79.9. The fraction of sp³-hybridized carbons (Fsp3) is 0.462. The number of hydrazine groups is 1. The molecule has 1 heterocycles. The quantitative estimate of drug-likeness (QED) is 0.911. The molecular weight excluding hydrogens is 312 g/mol. The van der Waals surface area contributed by atoms with Gasteiger partial charge in [-0.2, -0.15) is 0 Å². The van der Waals surface area contributed by atoms with Gasteiger partial charge >= 0.3 is 0 Å². The van der Waals surface area contributed by atoms with Crippen LogP contribution in [0.2, 0.25) is 0 Å². The van der Waals surface area contributed by atoms with E-state index < -0.39 is 6.10 Å². The fourth-order valence-electron chi connectivity index (χ4n) is 1.72. The standard InChI is InChI=1S/C13H17BrN2O3/c1-10(19-12-4-2-3-11(14)9-12)13(17)15-16-5-7-18-8-6-16/h2-4,9-10H,5-8H2,1H3,(H,15,17)/t10-/m0/s1. The summed E-state index contributed by atoms with van der Waals surface area (Å²) in [7, 11) is 0. The number of halogens is 1. The lowest BCUT2D eigenvalue weighted by molar-refractivity contribution is -0.134. The highest BCUT2D eigenvalue weighted by Crippen LogP contribution is 2.18. The van der Waals surface area contributed by atoms with Gasteiger partial charge in [0, 0.05) is 17.6 Å². The fourth-order valence-corrected chi connectivity index (χ4v) is 2.10. The van der Waals surface area contributed by atoms with Crippen molar-refractivity contribution in [1.29, 1.82) is 0 Å². The largest absolute Gasteiger partial charge is 0.481 e. The topological polar surface area (TPSA) is 50.8 Å². The number of benzene rings is 1. The van der Waals surface area contributed by atoms with Crippen LogP contribution in [0.25, 0.3) is 0 Å². The SMILES string of the molecule is C[C@H](Oc1cccc(Br)c1)C(=O)NN1CCOCC1. The van der Waals surface area contributed by atoms with Gasteiger partial charge in [0.25, 0.3) is 5.91 Å². The van der Waals surface area contributed by atoms with E-state index in [1.807, 2.05) is 29.3 Å². The van der Waals surface area contributed by atoms with E-state index in [9.17, 15) is 4.79 Å². The molecule has 1 aliphatic rings. The molecule has 1 saturated heterocycles. The molecule has 2 rings (SSSR count). The second-order valence-corrected chi connectivity index (χ2v) is 5.21. The van der Waals surface area contributed by atoms with Crippen molar-refractivity contribution in [3.8, 4) is 5.75 Å². The van der Waals surface area contributed by atoms with Crippen LogP contribution in [-0.4, -0.2) is 43.3 Å². The number of hydrogen-bond donors (Lipinski definition) is 1. The molecule has 0 aliphatic carbocycles. The van der Waals surface area contributed by atoms with Crippen molar-refractivity contribution in [1.82, 2.24) is 10.4 Å². The number of ether oxygens (including phenoxy) is 2. The average molecular weight is 329 g/mol. The minimum atomic E-state index is -0.544. The number of rotatable bonds is 4. The number of amides is 1. The maximum absolute atomic E-state index is 12.0. The summed E-state index contributed by atoms with van der Waals surface area (Å²) in [6.45, 7) is 4.42. The first kappa shape index (κ1) is 14.3. The maximum atomic E-state index is 12.0. The Morgan fingerprint density at radius 2 is 2.21 bits per heavy atom. The number of morpholine rings is 1. The van der Waals surface area contributed by atoms with Gasteiger partial charge in [-0.3, -0.25) is 10.2 Å². The van der Waals surface area contributed by atoms with E-state index in [-0.39, 0.29) is 5.91 Å². The van der Waals surface area contributed by atoms with E-state index in [4.69, 9.17) is 9.47 Å². The molecule has 0 bridgehead atoms. The van der Waals surface area contributed by atoms with Crippen LogP contribution < -0.4 is 10.2 Å². The molecule has 0 aromatic heterocycles. The van der Waals surface area contributed by atoms with Crippen LogP contribution in [0.15, 0.2) is 28.7 Å². The minimum absolute atomic E-state index is 0.151. The lowest BCUT2D eigenvalue weighted by Gasteiger charge is -2.28. The smallest absolute Gasteiger partial charge is 0.275 e. The molecule has 0 saturated carbocycles. The zero-order chi connectivity index (χ0) is 13.7. The Balaban J connectivity index is 1.84. The molecule has 1 amide bonds. The molecule has 104 valence electrons. The van der Waals surface area contributed by atoms with E-state index in [1.54, 1.807) is 6.92 Å². The first-order valence-corrected chi connectivity index (χ1v) is 7.00. The molecule has 0 spiro atoms.